The van der Waals surface area contributed by atoms with E-state index < -0.39 is 32.5 Å². The molecular weight excluding hydrogens is 549 g/mol. The van der Waals surface area contributed by atoms with Crippen LogP contribution >= 0.6 is 0 Å². The van der Waals surface area contributed by atoms with Gasteiger partial charge in [0, 0.05) is 6.42 Å². The van der Waals surface area contributed by atoms with E-state index in [0.29, 0.717) is 23.2 Å². The first-order valence-corrected chi connectivity index (χ1v) is 16.9. The molecule has 8 heteroatoms. The monoisotopic (exact) mass is 596 g/mol. The largest absolute Gasteiger partial charge is 0.417 e. The van der Waals surface area contributed by atoms with Crippen molar-refractivity contribution in [2.75, 3.05) is 0 Å². The van der Waals surface area contributed by atoms with Crippen LogP contribution in [-0.4, -0.2) is 41.3 Å². The summed E-state index contributed by atoms with van der Waals surface area (Å²) in [5.74, 6) is 0.982. The lowest BCUT2D eigenvalue weighted by molar-refractivity contribution is -0.271. The highest BCUT2D eigenvalue weighted by Gasteiger charge is 2.64. The van der Waals surface area contributed by atoms with Crippen molar-refractivity contribution in [3.05, 3.63) is 42.0 Å². The highest BCUT2D eigenvalue weighted by Crippen LogP contribution is 2.68. The van der Waals surface area contributed by atoms with Crippen LogP contribution in [0.3, 0.4) is 0 Å². The van der Waals surface area contributed by atoms with Crippen molar-refractivity contribution < 1.29 is 31.8 Å². The van der Waals surface area contributed by atoms with Gasteiger partial charge in [-0.05, 0) is 118 Å². The molecule has 230 valence electrons. The van der Waals surface area contributed by atoms with Crippen LogP contribution in [0.5, 0.6) is 0 Å². The third kappa shape index (κ3) is 5.12. The Balaban J connectivity index is 1.43. The van der Waals surface area contributed by atoms with Gasteiger partial charge < -0.3 is 10.2 Å². The van der Waals surface area contributed by atoms with Gasteiger partial charge in [-0.2, -0.15) is 13.2 Å². The van der Waals surface area contributed by atoms with E-state index in [9.17, 15) is 31.8 Å². The van der Waals surface area contributed by atoms with E-state index in [1.807, 2.05) is 6.08 Å². The minimum absolute atomic E-state index is 0.0757. The quantitative estimate of drug-likeness (QED) is 0.334. The van der Waals surface area contributed by atoms with Crippen LogP contribution < -0.4 is 0 Å². The number of fused-ring (bicyclic) bond motifs is 5. The van der Waals surface area contributed by atoms with E-state index in [1.54, 1.807) is 44.2 Å². The van der Waals surface area contributed by atoms with E-state index in [4.69, 9.17) is 0 Å². The molecule has 0 radical (unpaired) electrons. The van der Waals surface area contributed by atoms with Gasteiger partial charge in [0.05, 0.1) is 15.7 Å². The van der Waals surface area contributed by atoms with Gasteiger partial charge in [0.1, 0.15) is 0 Å². The molecule has 1 aromatic rings. The molecule has 0 bridgehead atoms. The van der Waals surface area contributed by atoms with Crippen LogP contribution in [0.4, 0.5) is 13.2 Å². The zero-order valence-corrected chi connectivity index (χ0v) is 25.9. The molecule has 3 saturated carbocycles. The van der Waals surface area contributed by atoms with Crippen molar-refractivity contribution >= 4 is 9.84 Å². The number of halogens is 3. The number of benzene rings is 1. The lowest BCUT2D eigenvalue weighted by Crippen LogP contribution is -2.56. The molecule has 0 heterocycles. The summed E-state index contributed by atoms with van der Waals surface area (Å²) in [6.07, 6.45) is 1.73. The van der Waals surface area contributed by atoms with Crippen LogP contribution in [0.2, 0.25) is 0 Å². The molecule has 0 aliphatic heterocycles. The Labute approximate surface area is 243 Å². The topological polar surface area (TPSA) is 74.6 Å². The van der Waals surface area contributed by atoms with Crippen molar-refractivity contribution in [3.63, 3.8) is 0 Å². The molecule has 4 aliphatic rings. The second-order valence-corrected chi connectivity index (χ2v) is 17.1. The maximum Gasteiger partial charge on any atom is 0.417 e. The second kappa shape index (κ2) is 10.1. The Kier molecular flexibility index (Phi) is 7.64. The zero-order valence-electron chi connectivity index (χ0n) is 25.0. The highest BCUT2D eigenvalue weighted by atomic mass is 32.2. The number of allylic oxidation sites excluding steroid dienone is 1. The summed E-state index contributed by atoms with van der Waals surface area (Å²) in [7, 11) is -3.69. The molecule has 0 amide bonds. The normalized spacial score (nSPS) is 39.2. The van der Waals surface area contributed by atoms with Gasteiger partial charge in [-0.1, -0.05) is 50.6 Å². The molecule has 4 nitrogen and oxygen atoms in total. The van der Waals surface area contributed by atoms with Crippen molar-refractivity contribution in [3.8, 4) is 0 Å². The van der Waals surface area contributed by atoms with Crippen molar-refractivity contribution in [1.29, 1.82) is 0 Å². The molecule has 41 heavy (non-hydrogen) atoms. The summed E-state index contributed by atoms with van der Waals surface area (Å²) >= 11 is 0. The Morgan fingerprint density at radius 3 is 2.27 bits per heavy atom. The van der Waals surface area contributed by atoms with Crippen molar-refractivity contribution in [2.45, 2.75) is 120 Å². The van der Waals surface area contributed by atoms with Crippen LogP contribution in [-0.2, 0) is 9.84 Å². The molecule has 0 saturated heterocycles. The first-order valence-electron chi connectivity index (χ1n) is 15.3. The molecule has 2 N–H and O–H groups in total. The zero-order chi connectivity index (χ0) is 30.2. The van der Waals surface area contributed by atoms with Gasteiger partial charge in [-0.3, -0.25) is 0 Å². The minimum atomic E-state index is -4.63. The maximum atomic E-state index is 14.0. The number of hydrogen-bond acceptors (Lipinski definition) is 4. The maximum absolute atomic E-state index is 14.0. The highest BCUT2D eigenvalue weighted by molar-refractivity contribution is 7.92. The SMILES string of the molecule is C[C@H](C(CC(C)(C)O)S(=O)(=O)c1ccccc1)[C@H]1CC[C@H]2[C@@H]3CC=C4C[C@](O)(C(F)(F)F)CC[C@]4(C)[C@H]3CC[C@]12C. The number of alkyl halides is 3. The number of rotatable bonds is 6. The van der Waals surface area contributed by atoms with Gasteiger partial charge >= 0.3 is 6.18 Å². The fourth-order valence-corrected chi connectivity index (χ4v) is 12.2. The minimum Gasteiger partial charge on any atom is -0.390 e. The van der Waals surface area contributed by atoms with Gasteiger partial charge in [0.2, 0.25) is 0 Å². The molecule has 4 aliphatic carbocycles. The summed E-state index contributed by atoms with van der Waals surface area (Å²) in [6, 6.07) is 8.55. The number of hydrogen-bond donors (Lipinski definition) is 2. The lowest BCUT2D eigenvalue weighted by atomic mass is 9.46. The molecule has 0 aromatic heterocycles. The van der Waals surface area contributed by atoms with Crippen LogP contribution in [0.25, 0.3) is 0 Å². The van der Waals surface area contributed by atoms with Crippen LogP contribution in [0.15, 0.2) is 46.9 Å². The smallest absolute Gasteiger partial charge is 0.390 e. The Morgan fingerprint density at radius 1 is 1.00 bits per heavy atom. The molecule has 9 atom stereocenters. The first kappa shape index (κ1) is 31.1. The van der Waals surface area contributed by atoms with Gasteiger partial charge in [-0.15, -0.1) is 0 Å². The predicted molar refractivity (Wildman–Crippen MR) is 154 cm³/mol. The van der Waals surface area contributed by atoms with Gasteiger partial charge in [0.25, 0.3) is 0 Å². The number of sulfone groups is 1. The van der Waals surface area contributed by atoms with E-state index in [1.165, 1.54) is 0 Å². The predicted octanol–water partition coefficient (Wildman–Crippen LogP) is 7.50. The average Bonchev–Trinajstić information content (AvgIpc) is 3.24. The summed E-state index contributed by atoms with van der Waals surface area (Å²) in [6.45, 7) is 9.85. The van der Waals surface area contributed by atoms with Gasteiger partial charge in [-0.25, -0.2) is 8.42 Å². The third-order valence-electron chi connectivity index (χ3n) is 12.2. The first-order chi connectivity index (χ1) is 18.8. The third-order valence-corrected chi connectivity index (χ3v) is 14.5. The molecule has 1 aromatic carbocycles. The fraction of sp³-hybridized carbons (Fsp3) is 0.758. The van der Waals surface area contributed by atoms with Crippen molar-refractivity contribution in [2.24, 2.45) is 40.4 Å². The Hall–Kier alpha value is -1.38. The average molecular weight is 597 g/mol. The fourth-order valence-electron chi connectivity index (χ4n) is 9.91. The Bertz CT molecular complexity index is 1270. The van der Waals surface area contributed by atoms with E-state index >= 15 is 0 Å². The van der Waals surface area contributed by atoms with E-state index in [2.05, 4.69) is 20.8 Å². The number of aliphatic hydroxyl groups is 2. The molecule has 1 unspecified atom stereocenters. The summed E-state index contributed by atoms with van der Waals surface area (Å²) in [4.78, 5) is 0.290. The summed E-state index contributed by atoms with van der Waals surface area (Å²) in [5.41, 5.74) is -3.42. The molecular formula is C33H47F3O4S. The standard InChI is InChI=1S/C33H47F3O4S/c1-21(28(20-29(2,3)37)41(39,40)23-9-7-6-8-10-23)25-13-14-26-24-12-11-22-19-32(38,33(34,35)36)18-17-30(22,4)27(24)15-16-31(25,26)5/h6-11,21,24-28,37-38H,12-20H2,1-5H3/t21-,24-,25+,26-,27-,28?,30-,31+,32-/m0/s1. The van der Waals surface area contributed by atoms with Crippen LogP contribution in [0, 0.1) is 40.4 Å². The van der Waals surface area contributed by atoms with Gasteiger partial charge in [0.15, 0.2) is 15.4 Å². The lowest BCUT2D eigenvalue weighted by Gasteiger charge is -2.59. The molecule has 5 rings (SSSR count). The van der Waals surface area contributed by atoms with Crippen molar-refractivity contribution in [1.82, 2.24) is 0 Å². The summed E-state index contributed by atoms with van der Waals surface area (Å²) < 4.78 is 69.1. The van der Waals surface area contributed by atoms with Crippen LogP contribution in [0.1, 0.15) is 92.4 Å². The summed E-state index contributed by atoms with van der Waals surface area (Å²) in [5, 5.41) is 20.6. The van der Waals surface area contributed by atoms with E-state index in [0.717, 1.165) is 37.7 Å². The molecule has 0 spiro atoms. The Morgan fingerprint density at radius 2 is 1.66 bits per heavy atom. The van der Waals surface area contributed by atoms with E-state index in [-0.39, 0.29) is 47.8 Å². The second-order valence-electron chi connectivity index (χ2n) is 15.0. The molecule has 3 fully saturated rings.